The summed E-state index contributed by atoms with van der Waals surface area (Å²) in [5.41, 5.74) is 20.3. The van der Waals surface area contributed by atoms with Crippen molar-refractivity contribution in [2.75, 3.05) is 26.2 Å². The predicted molar refractivity (Wildman–Crippen MR) is 355 cm³/mol. The lowest BCUT2D eigenvalue weighted by Crippen LogP contribution is -2.54. The van der Waals surface area contributed by atoms with Crippen molar-refractivity contribution >= 4 is 35.4 Å². The van der Waals surface area contributed by atoms with Crippen molar-refractivity contribution in [3.05, 3.63) is 172 Å². The molecule has 6 aliphatic heterocycles. The number of benzene rings is 5. The average molecular weight is 1400 g/mol. The fourth-order valence-corrected chi connectivity index (χ4v) is 15.9. The molecule has 6 amide bonds. The molecule has 3 unspecified atom stereocenters. The van der Waals surface area contributed by atoms with E-state index in [0.717, 1.165) is 75.1 Å². The van der Waals surface area contributed by atoms with Crippen LogP contribution in [-0.4, -0.2) is 142 Å². The molecule has 6 saturated heterocycles. The number of rotatable bonds is 23. The number of nitrogens with two attached hydrogens (primary N) is 3. The number of ether oxygens (including phenoxy) is 1. The molecular weight excluding hydrogens is 1310 g/mol. The van der Waals surface area contributed by atoms with Crippen LogP contribution in [0.15, 0.2) is 97.1 Å². The van der Waals surface area contributed by atoms with Gasteiger partial charge in [-0.3, -0.25) is 28.8 Å². The van der Waals surface area contributed by atoms with Gasteiger partial charge in [0.15, 0.2) is 41.5 Å². The first-order chi connectivity index (χ1) is 47.8. The number of amides is 6. The van der Waals surface area contributed by atoms with Gasteiger partial charge in [0.2, 0.25) is 29.5 Å². The van der Waals surface area contributed by atoms with Crippen LogP contribution in [0.1, 0.15) is 132 Å². The molecular formula is C75H90F9N9O7. The van der Waals surface area contributed by atoms with Crippen LogP contribution >= 0.6 is 0 Å². The molecule has 540 valence electrons. The van der Waals surface area contributed by atoms with E-state index >= 15 is 0 Å². The van der Waals surface area contributed by atoms with Crippen LogP contribution in [0.3, 0.4) is 0 Å². The molecule has 16 nitrogen and oxygen atoms in total. The lowest BCUT2D eigenvalue weighted by Gasteiger charge is -2.42. The highest BCUT2D eigenvalue weighted by Gasteiger charge is 2.48. The van der Waals surface area contributed by atoms with Crippen LogP contribution in [0.4, 0.5) is 39.5 Å². The number of halogens is 9. The predicted octanol–water partition coefficient (Wildman–Crippen LogP) is 9.82. The summed E-state index contributed by atoms with van der Waals surface area (Å²) in [5, 5.41) is 5.35. The Labute approximate surface area is 577 Å². The van der Waals surface area contributed by atoms with Gasteiger partial charge in [-0.25, -0.2) is 39.5 Å². The van der Waals surface area contributed by atoms with Gasteiger partial charge in [-0.1, -0.05) is 48.5 Å². The largest absolute Gasteiger partial charge is 0.484 e. The van der Waals surface area contributed by atoms with E-state index in [1.54, 1.807) is 29.2 Å². The number of carbonyl (C=O) groups excluding carboxylic acids is 6. The van der Waals surface area contributed by atoms with Crippen LogP contribution in [0.5, 0.6) is 5.75 Å². The molecule has 0 spiro atoms. The average Bonchev–Trinajstić information content (AvgIpc) is 1.63. The third-order valence-electron chi connectivity index (χ3n) is 21.2. The maximum atomic E-state index is 14.1. The third kappa shape index (κ3) is 18.9. The van der Waals surface area contributed by atoms with E-state index in [-0.39, 0.29) is 164 Å². The molecule has 1 saturated carbocycles. The van der Waals surface area contributed by atoms with Crippen LogP contribution < -0.4 is 32.6 Å². The van der Waals surface area contributed by atoms with Crippen molar-refractivity contribution in [3.63, 3.8) is 0 Å². The van der Waals surface area contributed by atoms with E-state index < -0.39 is 70.5 Å². The number of hydrogen-bond acceptors (Lipinski definition) is 10. The van der Waals surface area contributed by atoms with E-state index in [4.69, 9.17) is 21.9 Å². The number of piperidine rings is 3. The quantitative estimate of drug-likeness (QED) is 0.0307. The molecule has 5 aromatic rings. The molecule has 6 heterocycles. The molecule has 0 aromatic heterocycles. The number of carbonyl (C=O) groups is 6. The van der Waals surface area contributed by atoms with Crippen molar-refractivity contribution in [2.24, 2.45) is 40.9 Å². The minimum atomic E-state index is -1.22. The number of fused-ring (bicyclic) bond motifs is 6. The molecule has 100 heavy (non-hydrogen) atoms. The second kappa shape index (κ2) is 33.6. The van der Waals surface area contributed by atoms with Crippen LogP contribution in [0.2, 0.25) is 0 Å². The second-order valence-electron chi connectivity index (χ2n) is 28.4. The highest BCUT2D eigenvalue weighted by molar-refractivity contribution is 5.88. The normalized spacial score (nSPS) is 23.5. The van der Waals surface area contributed by atoms with Crippen LogP contribution in [0.25, 0.3) is 0 Å². The summed E-state index contributed by atoms with van der Waals surface area (Å²) < 4.78 is 128. The van der Waals surface area contributed by atoms with Gasteiger partial charge in [-0.15, -0.1) is 0 Å². The zero-order valence-electron chi connectivity index (χ0n) is 56.4. The Morgan fingerprint density at radius 1 is 0.460 bits per heavy atom. The van der Waals surface area contributed by atoms with Crippen molar-refractivity contribution in [1.82, 2.24) is 30.2 Å². The Hall–Kier alpha value is -8.03. The Balaban J connectivity index is 0.000000162. The maximum absolute atomic E-state index is 14.1. The zero-order chi connectivity index (χ0) is 71.6. The number of nitrogens with one attached hydrogen (secondary N) is 2. The van der Waals surface area contributed by atoms with Crippen molar-refractivity contribution in [1.29, 1.82) is 0 Å². The van der Waals surface area contributed by atoms with Crippen LogP contribution in [-0.2, 0) is 54.5 Å². The number of hydrogen-bond donors (Lipinski definition) is 5. The number of para-hydroxylation sites is 1. The van der Waals surface area contributed by atoms with Gasteiger partial charge in [0.25, 0.3) is 5.91 Å². The van der Waals surface area contributed by atoms with Gasteiger partial charge >= 0.3 is 0 Å². The lowest BCUT2D eigenvalue weighted by atomic mass is 9.82. The topological polar surface area (TPSA) is 227 Å². The van der Waals surface area contributed by atoms with E-state index in [2.05, 4.69) is 10.6 Å². The van der Waals surface area contributed by atoms with E-state index in [1.807, 2.05) is 64.9 Å². The summed E-state index contributed by atoms with van der Waals surface area (Å²) in [6.45, 7) is 3.66. The molecule has 1 aliphatic carbocycles. The van der Waals surface area contributed by atoms with Gasteiger partial charge in [0.05, 0.1) is 13.1 Å². The van der Waals surface area contributed by atoms with E-state index in [1.165, 1.54) is 0 Å². The minimum absolute atomic E-state index is 0.00503. The highest BCUT2D eigenvalue weighted by atomic mass is 19.2. The smallest absolute Gasteiger partial charge is 0.258 e. The molecule has 25 heteroatoms. The fraction of sp³-hybridized carbons (Fsp3) is 0.520. The maximum Gasteiger partial charge on any atom is 0.258 e. The van der Waals surface area contributed by atoms with Gasteiger partial charge in [0, 0.05) is 91.0 Å². The second-order valence-corrected chi connectivity index (χ2v) is 28.4. The highest BCUT2D eigenvalue weighted by Crippen LogP contribution is 2.44. The van der Waals surface area contributed by atoms with E-state index in [0.29, 0.717) is 75.3 Å². The number of nitrogens with zero attached hydrogens (tertiary/aromatic N) is 4. The molecule has 6 bridgehead atoms. The fourth-order valence-electron chi connectivity index (χ4n) is 15.9. The Kier molecular flexibility index (Phi) is 25.1. The lowest BCUT2D eigenvalue weighted by molar-refractivity contribution is -0.145. The molecule has 7 aliphatic rings. The Morgan fingerprint density at radius 2 is 0.800 bits per heavy atom. The first-order valence-electron chi connectivity index (χ1n) is 34.9. The SMILES string of the molecule is CC(C)N(CC(=O)N1[C@@H]2CC[C@H]1CC([C@H](N)Cc1cc(F)c(F)cc1F)C2)C(=O)C1CC1.N[C@H](Cc1cc(F)c(F)cc1F)C1C[C@H]2CC[C@@H](C1)N2C(=O)CNC(=O)CCc1ccccc1.N[C@H](Cc1cc(F)c(F)cc1F)C1C[C@H]2CC[C@@H](C1)N2C(=O)CNC(=O)COc1ccccc1. The summed E-state index contributed by atoms with van der Waals surface area (Å²) in [5.74, 6) is -9.24. The standard InChI is InChI=1S/C26H30F3N3O2.C25H28F3N3O3.C24H32F3N3O2/c27-21-14-23(29)22(28)12-17(21)13-24(30)18-10-19-7-8-20(11-18)32(19)26(34)15-31-25(33)9-6-16-4-2-1-3-5-16;26-20-12-22(28)21(27)10-15(20)11-23(29)16-8-17-6-7-18(9-16)31(17)25(33)13-30-24(32)14-34-19-4-2-1-3-5-19;1-13(2)29(24(32)14-3-4-14)12-23(31)30-17-5-6-18(30)8-16(7-17)22(28)10-15-9-20(26)21(27)11-19(15)25/h1-5,12,14,18-20,24H,6-11,13,15,30H2,(H,31,33);1-5,10,12,16-18,23H,6-9,11,13-14,29H2,(H,30,32);9,11,13-14,16-18,22H,3-8,10,12,28H2,1-2H3/t18?,19-,20+,24-;16?,17-,18+,23-;16?,17-,18+,22-/m111/s1. The molecule has 12 atom stereocenters. The first-order valence-corrected chi connectivity index (χ1v) is 34.9. The van der Waals surface area contributed by atoms with Crippen LogP contribution in [0, 0.1) is 76.0 Å². The van der Waals surface area contributed by atoms with Gasteiger partial charge in [0.1, 0.15) is 29.7 Å². The van der Waals surface area contributed by atoms with Gasteiger partial charge < -0.3 is 52.2 Å². The monoisotopic (exact) mass is 1400 g/mol. The summed E-state index contributed by atoms with van der Waals surface area (Å²) in [6.07, 6.45) is 12.3. The van der Waals surface area contributed by atoms with Gasteiger partial charge in [-0.2, -0.15) is 0 Å². The van der Waals surface area contributed by atoms with E-state index in [9.17, 15) is 68.3 Å². The Morgan fingerprint density at radius 3 is 1.16 bits per heavy atom. The summed E-state index contributed by atoms with van der Waals surface area (Å²) in [6, 6.07) is 21.8. The number of aryl methyl sites for hydroxylation is 1. The summed E-state index contributed by atoms with van der Waals surface area (Å²) in [7, 11) is 0. The molecule has 5 aromatic carbocycles. The summed E-state index contributed by atoms with van der Waals surface area (Å²) in [4.78, 5) is 83.1. The van der Waals surface area contributed by atoms with Crippen molar-refractivity contribution in [2.45, 2.75) is 196 Å². The van der Waals surface area contributed by atoms with Crippen molar-refractivity contribution in [3.8, 4) is 5.75 Å². The molecule has 8 N–H and O–H groups in total. The minimum Gasteiger partial charge on any atom is -0.484 e. The molecule has 7 fully saturated rings. The zero-order valence-corrected chi connectivity index (χ0v) is 56.4. The molecule has 12 rings (SSSR count). The third-order valence-corrected chi connectivity index (χ3v) is 21.2. The van der Waals surface area contributed by atoms with Gasteiger partial charge in [-0.05, 0) is 200 Å². The summed E-state index contributed by atoms with van der Waals surface area (Å²) >= 11 is 0. The molecule has 0 radical (unpaired) electrons. The van der Waals surface area contributed by atoms with Crippen molar-refractivity contribution < 1.29 is 73.0 Å². The Bertz CT molecular complexity index is 3500. The first kappa shape index (κ1) is 74.7.